The van der Waals surface area contributed by atoms with Crippen molar-refractivity contribution in [1.29, 1.82) is 0 Å². The number of aliphatic imine (C=N–C) groups is 1. The van der Waals surface area contributed by atoms with E-state index in [1.807, 2.05) is 0 Å². The molecule has 0 fully saturated rings. The molecule has 30 heavy (non-hydrogen) atoms. The summed E-state index contributed by atoms with van der Waals surface area (Å²) in [6.45, 7) is -0.380. The second-order valence-electron chi connectivity index (χ2n) is 6.00. The first-order valence-electron chi connectivity index (χ1n) is 8.65. The number of rotatable bonds is 7. The molecule has 11 heteroatoms. The second kappa shape index (κ2) is 10.6. The summed E-state index contributed by atoms with van der Waals surface area (Å²) in [5.41, 5.74) is 4.91. The molecular formula is C19H19ClF3N5O2. The highest BCUT2D eigenvalue weighted by atomic mass is 35.5. The molecule has 7 nitrogen and oxygen atoms in total. The zero-order valence-corrected chi connectivity index (χ0v) is 16.3. The van der Waals surface area contributed by atoms with Crippen LogP contribution >= 0.6 is 11.6 Å². The molecule has 2 aromatic rings. The van der Waals surface area contributed by atoms with Crippen molar-refractivity contribution in [3.63, 3.8) is 0 Å². The fourth-order valence-electron chi connectivity index (χ4n) is 2.20. The highest BCUT2D eigenvalue weighted by Crippen LogP contribution is 2.22. The van der Waals surface area contributed by atoms with Gasteiger partial charge in [0.25, 0.3) is 0 Å². The number of hydrogen-bond donors (Lipinski definition) is 4. The number of benzene rings is 1. The molecule has 0 unspecified atom stereocenters. The molecule has 0 aliphatic rings. The van der Waals surface area contributed by atoms with E-state index in [9.17, 15) is 18.0 Å². The molecule has 1 aromatic heterocycles. The largest absolute Gasteiger partial charge is 0.430 e. The average Bonchev–Trinajstić information content (AvgIpc) is 2.67. The molecule has 0 saturated heterocycles. The van der Waals surface area contributed by atoms with Crippen molar-refractivity contribution < 1.29 is 23.1 Å². The summed E-state index contributed by atoms with van der Waals surface area (Å²) in [5.74, 6) is 0. The number of pyridine rings is 1. The SMILES string of the molecule is NC(=CC(CNC(=O)Nc1ccc(CCO)nc1)=Nc1cccc(Cl)c1)C(F)(F)F. The number of hydrogen-bond acceptors (Lipinski definition) is 5. The molecule has 5 N–H and O–H groups in total. The van der Waals surface area contributed by atoms with Gasteiger partial charge in [-0.3, -0.25) is 9.98 Å². The molecule has 0 radical (unpaired) electrons. The van der Waals surface area contributed by atoms with E-state index in [1.54, 1.807) is 30.3 Å². The van der Waals surface area contributed by atoms with Crippen molar-refractivity contribution in [1.82, 2.24) is 10.3 Å². The molecule has 2 rings (SSSR count). The molecule has 0 saturated carbocycles. The Kier molecular flexibility index (Phi) is 8.19. The second-order valence-corrected chi connectivity index (χ2v) is 6.44. The Bertz CT molecular complexity index is 931. The molecular weight excluding hydrogens is 423 g/mol. The van der Waals surface area contributed by atoms with Crippen LogP contribution in [0.3, 0.4) is 0 Å². The van der Waals surface area contributed by atoms with E-state index >= 15 is 0 Å². The van der Waals surface area contributed by atoms with Crippen LogP contribution in [0.15, 0.2) is 59.4 Å². The van der Waals surface area contributed by atoms with Crippen molar-refractivity contribution in [2.45, 2.75) is 12.6 Å². The van der Waals surface area contributed by atoms with E-state index in [0.29, 0.717) is 34.6 Å². The van der Waals surface area contributed by atoms with Crippen molar-refractivity contribution >= 4 is 34.7 Å². The summed E-state index contributed by atoms with van der Waals surface area (Å²) in [7, 11) is 0. The minimum atomic E-state index is -4.74. The Balaban J connectivity index is 2.10. The van der Waals surface area contributed by atoms with Crippen LogP contribution in [0, 0.1) is 0 Å². The number of aliphatic hydroxyl groups excluding tert-OH is 1. The smallest absolute Gasteiger partial charge is 0.396 e. The molecule has 2 amide bonds. The van der Waals surface area contributed by atoms with E-state index in [1.165, 1.54) is 12.3 Å². The number of carbonyl (C=O) groups is 1. The minimum Gasteiger partial charge on any atom is -0.396 e. The van der Waals surface area contributed by atoms with Gasteiger partial charge in [0.2, 0.25) is 0 Å². The Morgan fingerprint density at radius 1 is 1.30 bits per heavy atom. The van der Waals surface area contributed by atoms with Gasteiger partial charge >= 0.3 is 12.2 Å². The number of halogens is 4. The Hall–Kier alpha value is -3.11. The molecule has 0 spiro atoms. The number of carbonyl (C=O) groups excluding carboxylic acids is 1. The van der Waals surface area contributed by atoms with Crippen molar-refractivity contribution in [2.24, 2.45) is 10.7 Å². The predicted octanol–water partition coefficient (Wildman–Crippen LogP) is 3.57. The summed E-state index contributed by atoms with van der Waals surface area (Å²) in [5, 5.41) is 14.1. The maximum absolute atomic E-state index is 12.8. The predicted molar refractivity (Wildman–Crippen MR) is 109 cm³/mol. The van der Waals surface area contributed by atoms with Gasteiger partial charge in [0, 0.05) is 23.7 Å². The Morgan fingerprint density at radius 2 is 2.07 bits per heavy atom. The van der Waals surface area contributed by atoms with Crippen LogP contribution in [0.4, 0.5) is 29.3 Å². The standard InChI is InChI=1S/C19H19ClF3N5O2/c20-12-2-1-3-14(8-12)27-16(9-17(24)19(21,22)23)11-26-18(30)28-15-5-4-13(6-7-29)25-10-15/h1-5,8-10,29H,6-7,11,24H2,(H2,26,28,30). The normalized spacial score (nSPS) is 12.6. The fourth-order valence-corrected chi connectivity index (χ4v) is 2.39. The van der Waals surface area contributed by atoms with Gasteiger partial charge in [0.05, 0.1) is 29.8 Å². The summed E-state index contributed by atoms with van der Waals surface area (Å²) in [4.78, 5) is 20.2. The van der Waals surface area contributed by atoms with Crippen LogP contribution in [-0.4, -0.2) is 41.2 Å². The number of anilines is 1. The van der Waals surface area contributed by atoms with E-state index in [-0.39, 0.29) is 18.9 Å². The molecule has 1 heterocycles. The van der Waals surface area contributed by atoms with Crippen LogP contribution in [-0.2, 0) is 6.42 Å². The Morgan fingerprint density at radius 3 is 2.67 bits per heavy atom. The molecule has 160 valence electrons. The average molecular weight is 442 g/mol. The van der Waals surface area contributed by atoms with Gasteiger partial charge in [-0.05, 0) is 36.4 Å². The maximum atomic E-state index is 12.8. The number of aromatic nitrogens is 1. The lowest BCUT2D eigenvalue weighted by molar-refractivity contribution is -0.0925. The molecule has 0 aliphatic heterocycles. The maximum Gasteiger partial charge on any atom is 0.430 e. The van der Waals surface area contributed by atoms with Gasteiger partial charge in [-0.25, -0.2) is 4.79 Å². The van der Waals surface area contributed by atoms with Gasteiger partial charge in [-0.1, -0.05) is 17.7 Å². The third-order valence-corrected chi connectivity index (χ3v) is 3.85. The van der Waals surface area contributed by atoms with E-state index in [2.05, 4.69) is 20.6 Å². The lowest BCUT2D eigenvalue weighted by Crippen LogP contribution is -2.33. The van der Waals surface area contributed by atoms with Crippen molar-refractivity contribution in [2.75, 3.05) is 18.5 Å². The Labute approximate surface area is 175 Å². The fraction of sp³-hybridized carbons (Fsp3) is 0.211. The van der Waals surface area contributed by atoms with Gasteiger partial charge in [0.1, 0.15) is 5.70 Å². The highest BCUT2D eigenvalue weighted by Gasteiger charge is 2.31. The lowest BCUT2D eigenvalue weighted by atomic mass is 10.2. The zero-order valence-electron chi connectivity index (χ0n) is 15.6. The number of nitrogens with one attached hydrogen (secondary N) is 2. The number of nitrogens with zero attached hydrogens (tertiary/aromatic N) is 2. The minimum absolute atomic E-state index is 0.0520. The van der Waals surface area contributed by atoms with Crippen LogP contribution in [0.25, 0.3) is 0 Å². The van der Waals surface area contributed by atoms with Gasteiger partial charge in [-0.15, -0.1) is 0 Å². The van der Waals surface area contributed by atoms with Crippen LogP contribution in [0.5, 0.6) is 0 Å². The summed E-state index contributed by atoms with van der Waals surface area (Å²) in [6.07, 6.45) is -2.32. The highest BCUT2D eigenvalue weighted by molar-refractivity contribution is 6.30. The van der Waals surface area contributed by atoms with Crippen molar-refractivity contribution in [3.05, 3.63) is 65.1 Å². The first-order chi connectivity index (χ1) is 14.2. The van der Waals surface area contributed by atoms with Gasteiger partial charge in [0.15, 0.2) is 0 Å². The van der Waals surface area contributed by atoms with Crippen LogP contribution < -0.4 is 16.4 Å². The summed E-state index contributed by atoms with van der Waals surface area (Å²) < 4.78 is 38.4. The first-order valence-corrected chi connectivity index (χ1v) is 9.03. The van der Waals surface area contributed by atoms with Gasteiger partial charge < -0.3 is 21.5 Å². The van der Waals surface area contributed by atoms with E-state index in [4.69, 9.17) is 22.4 Å². The van der Waals surface area contributed by atoms with Crippen LogP contribution in [0.2, 0.25) is 5.02 Å². The number of allylic oxidation sites excluding steroid dienone is 1. The number of urea groups is 1. The summed E-state index contributed by atoms with van der Waals surface area (Å²) in [6, 6.07) is 8.71. The molecule has 0 atom stereocenters. The molecule has 1 aromatic carbocycles. The lowest BCUT2D eigenvalue weighted by Gasteiger charge is -2.10. The van der Waals surface area contributed by atoms with Crippen molar-refractivity contribution in [3.8, 4) is 0 Å². The molecule has 0 bridgehead atoms. The number of alkyl halides is 3. The third-order valence-electron chi connectivity index (χ3n) is 3.61. The van der Waals surface area contributed by atoms with Crippen LogP contribution in [0.1, 0.15) is 5.69 Å². The number of nitrogens with two attached hydrogens (primary N) is 1. The number of amides is 2. The topological polar surface area (TPSA) is 113 Å². The first kappa shape index (κ1) is 23.2. The summed E-state index contributed by atoms with van der Waals surface area (Å²) >= 11 is 5.87. The van der Waals surface area contributed by atoms with Gasteiger partial charge in [-0.2, -0.15) is 13.2 Å². The van der Waals surface area contributed by atoms with E-state index < -0.39 is 17.9 Å². The monoisotopic (exact) mass is 441 g/mol. The third kappa shape index (κ3) is 7.72. The number of aliphatic hydroxyl groups is 1. The van der Waals surface area contributed by atoms with E-state index in [0.717, 1.165) is 0 Å². The molecule has 0 aliphatic carbocycles. The zero-order chi connectivity index (χ0) is 22.1. The quantitative estimate of drug-likeness (QED) is 0.492.